The van der Waals surface area contributed by atoms with E-state index < -0.39 is 0 Å². The number of unbranched alkanes of at least 4 members (excludes halogenated alkanes) is 13. The summed E-state index contributed by atoms with van der Waals surface area (Å²) in [5.41, 5.74) is 0. The van der Waals surface area contributed by atoms with Gasteiger partial charge in [0, 0.05) is 6.42 Å². The van der Waals surface area contributed by atoms with Gasteiger partial charge in [-0.05, 0) is 13.3 Å². The second-order valence-corrected chi connectivity index (χ2v) is 6.43. The Kier molecular flexibility index (Phi) is 10.8. The van der Waals surface area contributed by atoms with Crippen LogP contribution in [0, 0.1) is 0 Å². The van der Waals surface area contributed by atoms with E-state index in [4.69, 9.17) is 4.74 Å². The first-order valence-corrected chi connectivity index (χ1v) is 9.22. The lowest BCUT2D eigenvalue weighted by Crippen LogP contribution is -1.83. The third-order valence-electron chi connectivity index (χ3n) is 4.38. The van der Waals surface area contributed by atoms with E-state index in [9.17, 15) is 0 Å². The number of rotatable bonds is 15. The summed E-state index contributed by atoms with van der Waals surface area (Å²) in [7, 11) is 0. The summed E-state index contributed by atoms with van der Waals surface area (Å²) in [6, 6.07) is 0. The lowest BCUT2D eigenvalue weighted by Gasteiger charge is -2.02. The normalized spacial score (nSPS) is 13.7. The maximum atomic E-state index is 5.26. The van der Waals surface area contributed by atoms with Crippen LogP contribution in [0.3, 0.4) is 0 Å². The minimum absolute atomic E-state index is 1.18. The van der Waals surface area contributed by atoms with Crippen molar-refractivity contribution >= 4 is 0 Å². The van der Waals surface area contributed by atoms with Crippen LogP contribution in [0.25, 0.3) is 0 Å². The number of hydrogen-bond donors (Lipinski definition) is 0. The highest BCUT2D eigenvalue weighted by molar-refractivity contribution is 5.14. The summed E-state index contributed by atoms with van der Waals surface area (Å²) in [5, 5.41) is 0. The summed E-state index contributed by atoms with van der Waals surface area (Å²) in [6.45, 7) is 4.36. The largest absolute Gasteiger partial charge is 0.459 e. The van der Waals surface area contributed by atoms with Crippen molar-refractivity contribution in [3.8, 4) is 0 Å². The lowest BCUT2D eigenvalue weighted by molar-refractivity contribution is 0.446. The molecule has 0 saturated carbocycles. The Morgan fingerprint density at radius 2 is 0.950 bits per heavy atom. The molecule has 20 heavy (non-hydrogen) atoms. The van der Waals surface area contributed by atoms with Crippen molar-refractivity contribution in [3.63, 3.8) is 0 Å². The molecule has 0 radical (unpaired) electrons. The molecule has 0 aromatic rings. The molecule has 0 aromatic heterocycles. The Bertz CT molecular complexity index is 254. The topological polar surface area (TPSA) is 12.5 Å². The first-order valence-electron chi connectivity index (χ1n) is 9.22. The number of hydrogen-bond acceptors (Lipinski definition) is 1. The van der Waals surface area contributed by atoms with Crippen molar-refractivity contribution in [2.75, 3.05) is 0 Å². The predicted molar refractivity (Wildman–Crippen MR) is 88.7 cm³/mol. The molecule has 1 heterocycles. The lowest BCUT2D eigenvalue weighted by atomic mass is 10.0. The molecule has 0 bridgehead atoms. The van der Waals surface area contributed by atoms with Crippen molar-refractivity contribution in [3.05, 3.63) is 11.5 Å². The number of allylic oxidation sites excluding steroid dienone is 2. The zero-order valence-corrected chi connectivity index (χ0v) is 14.0. The average Bonchev–Trinajstić information content (AvgIpc) is 3.15. The predicted octanol–water partition coefficient (Wildman–Crippen LogP) is 7.12. The van der Waals surface area contributed by atoms with Gasteiger partial charge < -0.3 is 4.74 Å². The van der Waals surface area contributed by atoms with Crippen LogP contribution in [0.15, 0.2) is 11.5 Å². The molecule has 1 rings (SSSR count). The van der Waals surface area contributed by atoms with Crippen molar-refractivity contribution in [2.24, 2.45) is 0 Å². The van der Waals surface area contributed by atoms with Gasteiger partial charge in [0.2, 0.25) is 0 Å². The van der Waals surface area contributed by atoms with Crippen molar-refractivity contribution < 1.29 is 4.74 Å². The van der Waals surface area contributed by atoms with Gasteiger partial charge in [0.05, 0.1) is 0 Å². The summed E-state index contributed by atoms with van der Waals surface area (Å²) in [4.78, 5) is 0. The van der Waals surface area contributed by atoms with Crippen LogP contribution in [0.1, 0.15) is 110 Å². The van der Waals surface area contributed by atoms with Gasteiger partial charge in [0.25, 0.3) is 0 Å². The minimum atomic E-state index is 1.18. The molecule has 1 aliphatic heterocycles. The van der Waals surface area contributed by atoms with Crippen LogP contribution < -0.4 is 0 Å². The smallest absolute Gasteiger partial charge is 0.142 e. The molecule has 0 saturated heterocycles. The van der Waals surface area contributed by atoms with Crippen LogP contribution in [0.4, 0.5) is 0 Å². The van der Waals surface area contributed by atoms with Gasteiger partial charge in [0.15, 0.2) is 0 Å². The third-order valence-corrected chi connectivity index (χ3v) is 4.38. The van der Waals surface area contributed by atoms with Crippen molar-refractivity contribution in [2.45, 2.75) is 110 Å². The Hall–Kier alpha value is -0.460. The first kappa shape index (κ1) is 17.6. The first-order chi connectivity index (χ1) is 9.84. The molecule has 1 heteroatoms. The molecule has 0 atom stereocenters. The van der Waals surface area contributed by atoms with Gasteiger partial charge in [-0.25, -0.2) is 0 Å². The van der Waals surface area contributed by atoms with E-state index in [2.05, 4.69) is 13.8 Å². The highest BCUT2D eigenvalue weighted by atomic mass is 16.6. The Balaban J connectivity index is 1.64. The maximum Gasteiger partial charge on any atom is 0.142 e. The van der Waals surface area contributed by atoms with Gasteiger partial charge in [0.1, 0.15) is 11.5 Å². The van der Waals surface area contributed by atoms with E-state index in [-0.39, 0.29) is 0 Å². The zero-order chi connectivity index (χ0) is 14.5. The zero-order valence-electron chi connectivity index (χ0n) is 14.0. The molecular weight excluding hydrogens is 244 g/mol. The second-order valence-electron chi connectivity index (χ2n) is 6.43. The summed E-state index contributed by atoms with van der Waals surface area (Å²) in [5.74, 6) is 2.45. The maximum absolute atomic E-state index is 5.26. The molecule has 0 spiro atoms. The van der Waals surface area contributed by atoms with Crippen molar-refractivity contribution in [1.82, 2.24) is 0 Å². The van der Waals surface area contributed by atoms with Gasteiger partial charge in [-0.1, -0.05) is 90.4 Å². The molecule has 0 amide bonds. The Morgan fingerprint density at radius 1 is 0.600 bits per heavy atom. The quantitative estimate of drug-likeness (QED) is 0.291. The van der Waals surface area contributed by atoms with E-state index in [1.807, 2.05) is 0 Å². The number of ether oxygens (including phenoxy) is 1. The average molecular weight is 280 g/mol. The van der Waals surface area contributed by atoms with E-state index in [0.29, 0.717) is 0 Å². The van der Waals surface area contributed by atoms with Crippen molar-refractivity contribution in [1.29, 1.82) is 0 Å². The van der Waals surface area contributed by atoms with E-state index in [1.165, 1.54) is 108 Å². The minimum Gasteiger partial charge on any atom is -0.459 e. The van der Waals surface area contributed by atoms with Crippen LogP contribution in [0.5, 0.6) is 0 Å². The Labute approximate surface area is 127 Å². The SMILES string of the molecule is CCCCCCCCCCCCCCCCC1=C(C)O1. The summed E-state index contributed by atoms with van der Waals surface area (Å²) >= 11 is 0. The van der Waals surface area contributed by atoms with E-state index >= 15 is 0 Å². The third kappa shape index (κ3) is 10.3. The standard InChI is InChI=1S/C19H36O/c1-3-4-5-6-7-8-9-10-11-12-13-14-15-16-17-19-18(2)20-19/h3-17H2,1-2H3. The summed E-state index contributed by atoms with van der Waals surface area (Å²) < 4.78 is 5.26. The molecule has 0 unspecified atom stereocenters. The van der Waals surface area contributed by atoms with Gasteiger partial charge in [-0.15, -0.1) is 0 Å². The van der Waals surface area contributed by atoms with E-state index in [0.717, 1.165) is 0 Å². The highest BCUT2D eigenvalue weighted by Gasteiger charge is 2.17. The second kappa shape index (κ2) is 12.3. The molecule has 118 valence electrons. The fraction of sp³-hybridized carbons (Fsp3) is 0.895. The Morgan fingerprint density at radius 3 is 1.30 bits per heavy atom. The molecule has 1 nitrogen and oxygen atoms in total. The monoisotopic (exact) mass is 280 g/mol. The molecular formula is C19H36O. The van der Waals surface area contributed by atoms with Gasteiger partial charge in [-0.3, -0.25) is 0 Å². The fourth-order valence-electron chi connectivity index (χ4n) is 2.87. The van der Waals surface area contributed by atoms with Gasteiger partial charge >= 0.3 is 0 Å². The highest BCUT2D eigenvalue weighted by Crippen LogP contribution is 2.30. The van der Waals surface area contributed by atoms with E-state index in [1.54, 1.807) is 0 Å². The fourth-order valence-corrected chi connectivity index (χ4v) is 2.87. The van der Waals surface area contributed by atoms with Crippen LogP contribution in [-0.4, -0.2) is 0 Å². The molecule has 1 aliphatic rings. The van der Waals surface area contributed by atoms with Crippen LogP contribution >= 0.6 is 0 Å². The summed E-state index contributed by atoms with van der Waals surface area (Å²) in [6.07, 6.45) is 21.3. The van der Waals surface area contributed by atoms with Crippen LogP contribution in [-0.2, 0) is 4.74 Å². The van der Waals surface area contributed by atoms with Crippen LogP contribution in [0.2, 0.25) is 0 Å². The molecule has 0 fully saturated rings. The molecule has 0 aromatic carbocycles. The molecule has 0 N–H and O–H groups in total. The van der Waals surface area contributed by atoms with Gasteiger partial charge in [-0.2, -0.15) is 0 Å². The molecule has 0 aliphatic carbocycles.